The number of halogens is 1. The van der Waals surface area contributed by atoms with Crippen LogP contribution >= 0.6 is 11.6 Å². The van der Waals surface area contributed by atoms with Crippen LogP contribution in [-0.4, -0.2) is 36.1 Å². The number of nitrogens with zero attached hydrogens (tertiary/aromatic N) is 3. The zero-order valence-corrected chi connectivity index (χ0v) is 10.9. The molecule has 6 nitrogen and oxygen atoms in total. The minimum Gasteiger partial charge on any atom is -0.354 e. The molecule has 1 N–H and O–H groups in total. The standard InChI is InChI=1S/C11H15ClN4O2/c1-15(8-3-2-4-13-6-8)11-10(12)5-9(7-14-11)16(17)18/h5,7-8,13H,2-4,6H2,1H3. The second kappa shape index (κ2) is 5.49. The topological polar surface area (TPSA) is 71.3 Å². The van der Waals surface area contributed by atoms with E-state index in [0.29, 0.717) is 16.9 Å². The molecule has 0 radical (unpaired) electrons. The molecule has 1 fully saturated rings. The summed E-state index contributed by atoms with van der Waals surface area (Å²) >= 11 is 6.06. The second-order valence-electron chi connectivity index (χ2n) is 4.37. The summed E-state index contributed by atoms with van der Waals surface area (Å²) in [5, 5.41) is 14.3. The monoisotopic (exact) mass is 270 g/mol. The first-order chi connectivity index (χ1) is 8.59. The maximum atomic E-state index is 10.6. The van der Waals surface area contributed by atoms with Crippen LogP contribution in [0.1, 0.15) is 12.8 Å². The van der Waals surface area contributed by atoms with Crippen LogP contribution in [0.25, 0.3) is 0 Å². The largest absolute Gasteiger partial charge is 0.354 e. The number of likely N-dealkylation sites (N-methyl/N-ethyl adjacent to an activating group) is 1. The molecule has 0 aromatic carbocycles. The van der Waals surface area contributed by atoms with Crippen molar-refractivity contribution in [2.45, 2.75) is 18.9 Å². The van der Waals surface area contributed by atoms with Gasteiger partial charge in [0.2, 0.25) is 0 Å². The first kappa shape index (κ1) is 13.0. The molecule has 0 saturated carbocycles. The van der Waals surface area contributed by atoms with Crippen molar-refractivity contribution in [3.8, 4) is 0 Å². The van der Waals surface area contributed by atoms with Crippen molar-refractivity contribution in [2.75, 3.05) is 25.0 Å². The molecule has 7 heteroatoms. The van der Waals surface area contributed by atoms with Gasteiger partial charge in [0.25, 0.3) is 5.69 Å². The highest BCUT2D eigenvalue weighted by Crippen LogP contribution is 2.28. The molecule has 2 rings (SSSR count). The molecule has 98 valence electrons. The highest BCUT2D eigenvalue weighted by atomic mass is 35.5. The van der Waals surface area contributed by atoms with Crippen LogP contribution in [0, 0.1) is 10.1 Å². The molecule has 1 saturated heterocycles. The molecule has 18 heavy (non-hydrogen) atoms. The zero-order valence-electron chi connectivity index (χ0n) is 10.1. The Balaban J connectivity index is 2.19. The van der Waals surface area contributed by atoms with Crippen LogP contribution < -0.4 is 10.2 Å². The molecule has 0 spiro atoms. The van der Waals surface area contributed by atoms with Gasteiger partial charge in [-0.1, -0.05) is 11.6 Å². The molecule has 0 amide bonds. The predicted molar refractivity (Wildman–Crippen MR) is 70.2 cm³/mol. The minimum absolute atomic E-state index is 0.0843. The van der Waals surface area contributed by atoms with Gasteiger partial charge < -0.3 is 10.2 Å². The van der Waals surface area contributed by atoms with Crippen molar-refractivity contribution in [3.05, 3.63) is 27.4 Å². The van der Waals surface area contributed by atoms with E-state index in [1.165, 1.54) is 12.3 Å². The maximum Gasteiger partial charge on any atom is 0.289 e. The van der Waals surface area contributed by atoms with E-state index in [9.17, 15) is 10.1 Å². The van der Waals surface area contributed by atoms with Gasteiger partial charge >= 0.3 is 0 Å². The van der Waals surface area contributed by atoms with E-state index in [-0.39, 0.29) is 5.69 Å². The fourth-order valence-corrected chi connectivity index (χ4v) is 2.41. The number of nitro groups is 1. The van der Waals surface area contributed by atoms with E-state index in [1.54, 1.807) is 0 Å². The van der Waals surface area contributed by atoms with E-state index < -0.39 is 4.92 Å². The van der Waals surface area contributed by atoms with Crippen molar-refractivity contribution in [1.82, 2.24) is 10.3 Å². The Morgan fingerprint density at radius 2 is 2.44 bits per heavy atom. The number of rotatable bonds is 3. The average molecular weight is 271 g/mol. The molecule has 1 atom stereocenters. The maximum absolute atomic E-state index is 10.6. The minimum atomic E-state index is -0.495. The van der Waals surface area contributed by atoms with E-state index >= 15 is 0 Å². The van der Waals surface area contributed by atoms with E-state index in [0.717, 1.165) is 25.9 Å². The van der Waals surface area contributed by atoms with Crippen LogP contribution in [0.4, 0.5) is 11.5 Å². The lowest BCUT2D eigenvalue weighted by Crippen LogP contribution is -2.44. The molecule has 1 aliphatic rings. The van der Waals surface area contributed by atoms with Crippen LogP contribution in [0.2, 0.25) is 5.02 Å². The van der Waals surface area contributed by atoms with Crippen molar-refractivity contribution >= 4 is 23.1 Å². The molecular formula is C11H15ClN4O2. The summed E-state index contributed by atoms with van der Waals surface area (Å²) in [5.41, 5.74) is -0.0843. The van der Waals surface area contributed by atoms with Crippen LogP contribution in [0.3, 0.4) is 0 Å². The summed E-state index contributed by atoms with van der Waals surface area (Å²) in [5.74, 6) is 0.593. The van der Waals surface area contributed by atoms with Gasteiger partial charge in [-0.3, -0.25) is 10.1 Å². The highest BCUT2D eigenvalue weighted by molar-refractivity contribution is 6.33. The summed E-state index contributed by atoms with van der Waals surface area (Å²) in [6.45, 7) is 1.91. The first-order valence-electron chi connectivity index (χ1n) is 5.83. The number of aromatic nitrogens is 1. The Morgan fingerprint density at radius 1 is 1.67 bits per heavy atom. The Hall–Kier alpha value is -1.40. The quantitative estimate of drug-likeness (QED) is 0.670. The van der Waals surface area contributed by atoms with Gasteiger partial charge in [0.05, 0.1) is 9.95 Å². The van der Waals surface area contributed by atoms with Crippen LogP contribution in [-0.2, 0) is 0 Å². The number of nitrogens with one attached hydrogen (secondary N) is 1. The third kappa shape index (κ3) is 2.70. The number of anilines is 1. The summed E-state index contributed by atoms with van der Waals surface area (Å²) in [6, 6.07) is 1.67. The third-order valence-electron chi connectivity index (χ3n) is 3.17. The first-order valence-corrected chi connectivity index (χ1v) is 6.21. The number of piperidine rings is 1. The Kier molecular flexibility index (Phi) is 3.98. The summed E-state index contributed by atoms with van der Waals surface area (Å²) in [7, 11) is 1.91. The molecule has 0 aliphatic carbocycles. The van der Waals surface area contributed by atoms with Crippen molar-refractivity contribution in [2.24, 2.45) is 0 Å². The average Bonchev–Trinajstić information content (AvgIpc) is 2.38. The van der Waals surface area contributed by atoms with Crippen molar-refractivity contribution < 1.29 is 4.92 Å². The Morgan fingerprint density at radius 3 is 3.00 bits per heavy atom. The van der Waals surface area contributed by atoms with Gasteiger partial charge in [0.15, 0.2) is 0 Å². The molecule has 1 aromatic rings. The highest BCUT2D eigenvalue weighted by Gasteiger charge is 2.22. The van der Waals surface area contributed by atoms with Gasteiger partial charge in [-0.15, -0.1) is 0 Å². The lowest BCUT2D eigenvalue weighted by molar-refractivity contribution is -0.385. The molecule has 1 unspecified atom stereocenters. The fraction of sp³-hybridized carbons (Fsp3) is 0.545. The SMILES string of the molecule is CN(c1ncc([N+](=O)[O-])cc1Cl)C1CCCNC1. The summed E-state index contributed by atoms with van der Waals surface area (Å²) in [6.07, 6.45) is 3.42. The van der Waals surface area contributed by atoms with Gasteiger partial charge in [-0.2, -0.15) is 0 Å². The van der Waals surface area contributed by atoms with Gasteiger partial charge in [0, 0.05) is 25.7 Å². The number of pyridine rings is 1. The lowest BCUT2D eigenvalue weighted by atomic mass is 10.1. The Bertz CT molecular complexity index is 449. The van der Waals surface area contributed by atoms with Gasteiger partial charge in [-0.25, -0.2) is 4.98 Å². The van der Waals surface area contributed by atoms with Crippen LogP contribution in [0.15, 0.2) is 12.3 Å². The molecular weight excluding hydrogens is 256 g/mol. The lowest BCUT2D eigenvalue weighted by Gasteiger charge is -2.32. The van der Waals surface area contributed by atoms with Crippen LogP contribution in [0.5, 0.6) is 0 Å². The molecule has 0 bridgehead atoms. The smallest absolute Gasteiger partial charge is 0.289 e. The van der Waals surface area contributed by atoms with E-state index in [4.69, 9.17) is 11.6 Å². The predicted octanol–water partition coefficient (Wildman–Crippen LogP) is 1.83. The third-order valence-corrected chi connectivity index (χ3v) is 3.45. The Labute approximate surface area is 110 Å². The van der Waals surface area contributed by atoms with Crippen molar-refractivity contribution in [3.63, 3.8) is 0 Å². The van der Waals surface area contributed by atoms with E-state index in [2.05, 4.69) is 10.3 Å². The zero-order chi connectivity index (χ0) is 13.1. The molecule has 2 heterocycles. The second-order valence-corrected chi connectivity index (χ2v) is 4.77. The number of hydrogen-bond donors (Lipinski definition) is 1. The molecule has 1 aliphatic heterocycles. The number of hydrogen-bond acceptors (Lipinski definition) is 5. The summed E-state index contributed by atoms with van der Waals surface area (Å²) < 4.78 is 0. The summed E-state index contributed by atoms with van der Waals surface area (Å²) in [4.78, 5) is 16.2. The molecule has 1 aromatic heterocycles. The van der Waals surface area contributed by atoms with E-state index in [1.807, 2.05) is 11.9 Å². The normalized spacial score (nSPS) is 19.6. The van der Waals surface area contributed by atoms with Crippen molar-refractivity contribution in [1.29, 1.82) is 0 Å². The fourth-order valence-electron chi connectivity index (χ4n) is 2.12. The van der Waals surface area contributed by atoms with Gasteiger partial charge in [0.1, 0.15) is 12.0 Å². The van der Waals surface area contributed by atoms with Gasteiger partial charge in [-0.05, 0) is 19.4 Å².